The summed E-state index contributed by atoms with van der Waals surface area (Å²) in [6.07, 6.45) is 1.57. The number of ether oxygens (including phenoxy) is 2. The van der Waals surface area contributed by atoms with Gasteiger partial charge >= 0.3 is 12.6 Å². The molecule has 3 aromatic rings. The number of rotatable bonds is 8. The van der Waals surface area contributed by atoms with Gasteiger partial charge in [0.25, 0.3) is 0 Å². The summed E-state index contributed by atoms with van der Waals surface area (Å²) < 4.78 is 39.7. The second-order valence-electron chi connectivity index (χ2n) is 5.64. The van der Waals surface area contributed by atoms with Crippen molar-refractivity contribution in [2.45, 2.75) is 30.9 Å². The van der Waals surface area contributed by atoms with Crippen LogP contribution in [0.5, 0.6) is 5.75 Å². The van der Waals surface area contributed by atoms with Gasteiger partial charge in [0.15, 0.2) is 0 Å². The summed E-state index contributed by atoms with van der Waals surface area (Å²) in [5.41, 5.74) is 1.35. The average Bonchev–Trinajstić information content (AvgIpc) is 3.10. The molecule has 3 rings (SSSR count). The third-order valence-corrected chi connectivity index (χ3v) is 4.61. The highest BCUT2D eigenvalue weighted by atomic mass is 32.2. The minimum Gasteiger partial charge on any atom is -0.457 e. The molecular formula is C19H16F2N2O4S. The molecule has 28 heavy (non-hydrogen) atoms. The number of para-hydroxylation sites is 1. The van der Waals surface area contributed by atoms with Crippen LogP contribution in [0.2, 0.25) is 0 Å². The van der Waals surface area contributed by atoms with Crippen molar-refractivity contribution < 1.29 is 27.6 Å². The van der Waals surface area contributed by atoms with Crippen LogP contribution in [-0.4, -0.2) is 22.7 Å². The Labute approximate surface area is 163 Å². The van der Waals surface area contributed by atoms with Crippen LogP contribution in [0.15, 0.2) is 58.2 Å². The molecule has 0 aliphatic rings. The Morgan fingerprint density at radius 1 is 1.25 bits per heavy atom. The highest BCUT2D eigenvalue weighted by Gasteiger charge is 2.17. The second-order valence-corrected chi connectivity index (χ2v) is 6.60. The van der Waals surface area contributed by atoms with Crippen LogP contribution in [0.25, 0.3) is 0 Å². The zero-order chi connectivity index (χ0) is 19.9. The molecule has 6 nitrogen and oxygen atoms in total. The van der Waals surface area contributed by atoms with Crippen molar-refractivity contribution in [3.8, 4) is 5.75 Å². The fraction of sp³-hybridized carbons (Fsp3) is 0.211. The molecule has 0 fully saturated rings. The van der Waals surface area contributed by atoms with E-state index in [4.69, 9.17) is 9.26 Å². The van der Waals surface area contributed by atoms with Gasteiger partial charge in [0.2, 0.25) is 0 Å². The monoisotopic (exact) mass is 406 g/mol. The van der Waals surface area contributed by atoms with E-state index < -0.39 is 12.6 Å². The molecule has 0 amide bonds. The van der Waals surface area contributed by atoms with E-state index in [9.17, 15) is 13.6 Å². The Morgan fingerprint density at radius 3 is 2.82 bits per heavy atom. The van der Waals surface area contributed by atoms with Crippen molar-refractivity contribution >= 4 is 17.7 Å². The third-order valence-electron chi connectivity index (χ3n) is 3.57. The van der Waals surface area contributed by atoms with Gasteiger partial charge < -0.3 is 14.0 Å². The maximum atomic E-state index is 12.5. The number of pyridine rings is 1. The van der Waals surface area contributed by atoms with Crippen LogP contribution >= 0.6 is 11.8 Å². The van der Waals surface area contributed by atoms with Crippen LogP contribution < -0.4 is 4.74 Å². The number of alkyl halides is 2. The molecule has 2 aromatic heterocycles. The first-order valence-electron chi connectivity index (χ1n) is 8.23. The second kappa shape index (κ2) is 9.32. The van der Waals surface area contributed by atoms with E-state index in [0.29, 0.717) is 22.1 Å². The number of aromatic nitrogens is 2. The summed E-state index contributed by atoms with van der Waals surface area (Å²) in [4.78, 5) is 16.7. The van der Waals surface area contributed by atoms with Crippen LogP contribution in [0, 0.1) is 6.92 Å². The lowest BCUT2D eigenvalue weighted by Crippen LogP contribution is -2.09. The third kappa shape index (κ3) is 5.29. The summed E-state index contributed by atoms with van der Waals surface area (Å²) in [6.45, 7) is -1.37. The van der Waals surface area contributed by atoms with Crippen LogP contribution in [0.1, 0.15) is 27.4 Å². The van der Waals surface area contributed by atoms with E-state index in [1.54, 1.807) is 49.5 Å². The van der Waals surface area contributed by atoms with Crippen molar-refractivity contribution in [2.75, 3.05) is 0 Å². The minimum absolute atomic E-state index is 0.0347. The highest BCUT2D eigenvalue weighted by Crippen LogP contribution is 2.26. The lowest BCUT2D eigenvalue weighted by atomic mass is 10.2. The van der Waals surface area contributed by atoms with E-state index >= 15 is 0 Å². The zero-order valence-electron chi connectivity index (χ0n) is 14.8. The van der Waals surface area contributed by atoms with E-state index in [-0.39, 0.29) is 17.9 Å². The molecule has 0 aliphatic carbocycles. The number of aryl methyl sites for hydroxylation is 1. The molecule has 0 unspecified atom stereocenters. The van der Waals surface area contributed by atoms with Crippen molar-refractivity contribution in [1.29, 1.82) is 0 Å². The standard InChI is InChI=1S/C19H16F2N2O4S/c1-12-9-14(23-27-12)11-28-17-15(6-4-8-22-17)18(24)25-10-13-5-2-3-7-16(13)26-19(20)21/h2-9,19H,10-11H2,1H3. The fourth-order valence-corrected chi connectivity index (χ4v) is 3.21. The van der Waals surface area contributed by atoms with Crippen LogP contribution in [0.4, 0.5) is 8.78 Å². The molecule has 0 saturated carbocycles. The Bertz CT molecular complexity index is 949. The van der Waals surface area contributed by atoms with Crippen molar-refractivity contribution in [3.63, 3.8) is 0 Å². The Morgan fingerprint density at radius 2 is 2.07 bits per heavy atom. The summed E-state index contributed by atoms with van der Waals surface area (Å²) in [5.74, 6) is 0.520. The lowest BCUT2D eigenvalue weighted by molar-refractivity contribution is -0.0510. The molecule has 0 atom stereocenters. The van der Waals surface area contributed by atoms with E-state index in [1.165, 1.54) is 17.8 Å². The smallest absolute Gasteiger partial charge is 0.387 e. The normalized spacial score (nSPS) is 10.9. The van der Waals surface area contributed by atoms with Crippen molar-refractivity contribution in [2.24, 2.45) is 0 Å². The first-order valence-corrected chi connectivity index (χ1v) is 9.21. The minimum atomic E-state index is -2.96. The molecule has 0 bridgehead atoms. The maximum absolute atomic E-state index is 12.5. The number of halogens is 2. The number of thioether (sulfide) groups is 1. The largest absolute Gasteiger partial charge is 0.457 e. The van der Waals surface area contributed by atoms with Gasteiger partial charge in [-0.25, -0.2) is 9.78 Å². The summed E-state index contributed by atoms with van der Waals surface area (Å²) >= 11 is 1.32. The van der Waals surface area contributed by atoms with E-state index in [2.05, 4.69) is 14.9 Å². The van der Waals surface area contributed by atoms with Crippen molar-refractivity contribution in [3.05, 3.63) is 71.2 Å². The summed E-state index contributed by atoms with van der Waals surface area (Å²) in [7, 11) is 0. The SMILES string of the molecule is Cc1cc(CSc2ncccc2C(=O)OCc2ccccc2OC(F)F)no1. The molecule has 2 heterocycles. The Kier molecular flexibility index (Phi) is 6.59. The number of carbonyl (C=O) groups excluding carboxylic acids is 1. The molecule has 9 heteroatoms. The van der Waals surface area contributed by atoms with Gasteiger partial charge in [0.1, 0.15) is 23.1 Å². The average molecular weight is 406 g/mol. The van der Waals surface area contributed by atoms with E-state index in [0.717, 1.165) is 5.69 Å². The quantitative estimate of drug-likeness (QED) is 0.399. The zero-order valence-corrected chi connectivity index (χ0v) is 15.6. The number of carbonyl (C=O) groups is 1. The molecule has 0 N–H and O–H groups in total. The van der Waals surface area contributed by atoms with Crippen LogP contribution in [-0.2, 0) is 17.1 Å². The van der Waals surface area contributed by atoms with Gasteiger partial charge in [-0.2, -0.15) is 8.78 Å². The number of hydrogen-bond acceptors (Lipinski definition) is 7. The molecule has 0 spiro atoms. The molecule has 0 saturated heterocycles. The Hall–Kier alpha value is -2.94. The number of esters is 1. The fourth-order valence-electron chi connectivity index (χ4n) is 2.34. The number of benzene rings is 1. The van der Waals surface area contributed by atoms with Gasteiger partial charge in [0, 0.05) is 23.6 Å². The summed E-state index contributed by atoms with van der Waals surface area (Å²) in [6, 6.07) is 11.2. The molecule has 1 aromatic carbocycles. The summed E-state index contributed by atoms with van der Waals surface area (Å²) in [5, 5.41) is 4.38. The first kappa shape index (κ1) is 19.8. The van der Waals surface area contributed by atoms with Gasteiger partial charge in [-0.05, 0) is 25.1 Å². The maximum Gasteiger partial charge on any atom is 0.387 e. The van der Waals surface area contributed by atoms with Gasteiger partial charge in [-0.1, -0.05) is 35.1 Å². The topological polar surface area (TPSA) is 74.5 Å². The van der Waals surface area contributed by atoms with Crippen molar-refractivity contribution in [1.82, 2.24) is 10.1 Å². The predicted molar refractivity (Wildman–Crippen MR) is 97.2 cm³/mol. The van der Waals surface area contributed by atoms with Crippen LogP contribution in [0.3, 0.4) is 0 Å². The molecule has 0 aliphatic heterocycles. The predicted octanol–water partition coefficient (Wildman–Crippen LogP) is 4.63. The van der Waals surface area contributed by atoms with Gasteiger partial charge in [0.05, 0.1) is 11.3 Å². The molecule has 0 radical (unpaired) electrons. The first-order chi connectivity index (χ1) is 13.5. The number of nitrogens with zero attached hydrogens (tertiary/aromatic N) is 2. The number of hydrogen-bond donors (Lipinski definition) is 0. The molecular weight excluding hydrogens is 390 g/mol. The van der Waals surface area contributed by atoms with Gasteiger partial charge in [-0.3, -0.25) is 0 Å². The molecule has 146 valence electrons. The van der Waals surface area contributed by atoms with Gasteiger partial charge in [-0.15, -0.1) is 0 Å². The Balaban J connectivity index is 1.66. The highest BCUT2D eigenvalue weighted by molar-refractivity contribution is 7.98. The van der Waals surface area contributed by atoms with E-state index in [1.807, 2.05) is 0 Å². The lowest BCUT2D eigenvalue weighted by Gasteiger charge is -2.12.